The van der Waals surface area contributed by atoms with Crippen molar-refractivity contribution in [2.24, 2.45) is 0 Å². The zero-order valence-electron chi connectivity index (χ0n) is 44.8. The number of esters is 3. The first-order valence-electron chi connectivity index (χ1n) is 28.4. The third-order valence-electron chi connectivity index (χ3n) is 11.7. The van der Waals surface area contributed by atoms with Crippen molar-refractivity contribution in [2.75, 3.05) is 13.2 Å². The van der Waals surface area contributed by atoms with E-state index in [9.17, 15) is 14.4 Å². The van der Waals surface area contributed by atoms with Crippen LogP contribution in [0, 0.1) is 0 Å². The van der Waals surface area contributed by atoms with E-state index in [2.05, 4.69) is 130 Å². The van der Waals surface area contributed by atoms with Gasteiger partial charge in [0.1, 0.15) is 13.2 Å². The van der Waals surface area contributed by atoms with Gasteiger partial charge in [-0.05, 0) is 122 Å². The first kappa shape index (κ1) is 65.1. The SMILES string of the molecule is CC/C=C\C/C=C\C/C=C\C/C=C\C/C=C\CCCC(=O)O[C@H](COC(=O)CCCC/C=C\C/C=C\C/C=C\CCCCC)COC(=O)CCCCCCCCC/C=C\CCCCCCCCCC. The summed E-state index contributed by atoms with van der Waals surface area (Å²) in [6, 6.07) is 0. The van der Waals surface area contributed by atoms with Crippen LogP contribution in [-0.2, 0) is 28.6 Å². The van der Waals surface area contributed by atoms with Crippen LogP contribution < -0.4 is 0 Å². The highest BCUT2D eigenvalue weighted by Gasteiger charge is 2.19. The minimum absolute atomic E-state index is 0.116. The van der Waals surface area contributed by atoms with Crippen molar-refractivity contribution >= 4 is 17.9 Å². The Morgan fingerprint density at radius 3 is 1.00 bits per heavy atom. The quantitative estimate of drug-likeness (QED) is 0.0262. The molecule has 69 heavy (non-hydrogen) atoms. The third-order valence-corrected chi connectivity index (χ3v) is 11.7. The molecule has 0 aliphatic rings. The lowest BCUT2D eigenvalue weighted by molar-refractivity contribution is -0.167. The lowest BCUT2D eigenvalue weighted by atomic mass is 10.1. The molecule has 0 radical (unpaired) electrons. The van der Waals surface area contributed by atoms with Crippen LogP contribution in [0.1, 0.15) is 252 Å². The summed E-state index contributed by atoms with van der Waals surface area (Å²) >= 11 is 0. The van der Waals surface area contributed by atoms with Gasteiger partial charge in [-0.2, -0.15) is 0 Å². The first-order valence-corrected chi connectivity index (χ1v) is 28.4. The second-order valence-electron chi connectivity index (χ2n) is 18.5. The summed E-state index contributed by atoms with van der Waals surface area (Å²) in [5, 5.41) is 0. The summed E-state index contributed by atoms with van der Waals surface area (Å²) in [5.41, 5.74) is 0. The number of carbonyl (C=O) groups is 3. The van der Waals surface area contributed by atoms with Crippen LogP contribution in [0.4, 0.5) is 0 Å². The molecular weight excluding hydrogens is 853 g/mol. The Labute approximate surface area is 425 Å². The van der Waals surface area contributed by atoms with Crippen LogP contribution in [0.5, 0.6) is 0 Å². The maximum Gasteiger partial charge on any atom is 0.306 e. The molecule has 0 fully saturated rings. The Balaban J connectivity index is 4.53. The molecule has 0 saturated heterocycles. The molecule has 392 valence electrons. The predicted molar refractivity (Wildman–Crippen MR) is 297 cm³/mol. The molecule has 0 aromatic heterocycles. The van der Waals surface area contributed by atoms with E-state index in [0.717, 1.165) is 83.5 Å². The highest BCUT2D eigenvalue weighted by atomic mass is 16.6. The number of ether oxygens (including phenoxy) is 3. The average Bonchev–Trinajstić information content (AvgIpc) is 3.35. The minimum Gasteiger partial charge on any atom is -0.462 e. The Morgan fingerprint density at radius 2 is 0.580 bits per heavy atom. The molecule has 0 unspecified atom stereocenters. The molecule has 0 aliphatic carbocycles. The van der Waals surface area contributed by atoms with E-state index in [1.807, 2.05) is 0 Å². The topological polar surface area (TPSA) is 78.9 Å². The Morgan fingerprint density at radius 1 is 0.304 bits per heavy atom. The molecule has 6 heteroatoms. The largest absolute Gasteiger partial charge is 0.462 e. The van der Waals surface area contributed by atoms with Gasteiger partial charge in [0.25, 0.3) is 0 Å². The van der Waals surface area contributed by atoms with Gasteiger partial charge in [-0.15, -0.1) is 0 Å². The number of rotatable bonds is 50. The van der Waals surface area contributed by atoms with Crippen LogP contribution in [0.2, 0.25) is 0 Å². The Kier molecular flexibility index (Phi) is 53.4. The van der Waals surface area contributed by atoms with Crippen molar-refractivity contribution in [1.82, 2.24) is 0 Å². The van der Waals surface area contributed by atoms with Gasteiger partial charge in [-0.25, -0.2) is 0 Å². The molecule has 0 saturated carbocycles. The monoisotopic (exact) mass is 957 g/mol. The van der Waals surface area contributed by atoms with Crippen LogP contribution in [0.25, 0.3) is 0 Å². The van der Waals surface area contributed by atoms with E-state index in [1.54, 1.807) is 0 Å². The van der Waals surface area contributed by atoms with Crippen LogP contribution >= 0.6 is 0 Å². The van der Waals surface area contributed by atoms with Gasteiger partial charge in [0.15, 0.2) is 6.10 Å². The highest BCUT2D eigenvalue weighted by Crippen LogP contribution is 2.14. The molecular formula is C63H104O6. The van der Waals surface area contributed by atoms with Gasteiger partial charge in [-0.3, -0.25) is 14.4 Å². The summed E-state index contributed by atoms with van der Waals surface area (Å²) in [6.07, 6.45) is 76.6. The molecule has 6 nitrogen and oxygen atoms in total. The zero-order valence-corrected chi connectivity index (χ0v) is 44.8. The van der Waals surface area contributed by atoms with E-state index in [4.69, 9.17) is 14.2 Å². The normalized spacial score (nSPS) is 12.9. The molecule has 0 aliphatic heterocycles. The maximum atomic E-state index is 12.8. The van der Waals surface area contributed by atoms with Crippen molar-refractivity contribution in [1.29, 1.82) is 0 Å². The van der Waals surface area contributed by atoms with Crippen molar-refractivity contribution in [2.45, 2.75) is 258 Å². The summed E-state index contributed by atoms with van der Waals surface area (Å²) < 4.78 is 16.8. The molecule has 0 spiro atoms. The molecule has 0 aromatic carbocycles. The second-order valence-corrected chi connectivity index (χ2v) is 18.5. The van der Waals surface area contributed by atoms with Gasteiger partial charge < -0.3 is 14.2 Å². The van der Waals surface area contributed by atoms with E-state index in [-0.39, 0.29) is 37.5 Å². The summed E-state index contributed by atoms with van der Waals surface area (Å²) in [7, 11) is 0. The smallest absolute Gasteiger partial charge is 0.306 e. The fourth-order valence-corrected chi connectivity index (χ4v) is 7.48. The third kappa shape index (κ3) is 54.9. The summed E-state index contributed by atoms with van der Waals surface area (Å²) in [6.45, 7) is 6.41. The number of carbonyl (C=O) groups excluding carboxylic acids is 3. The molecule has 0 bridgehead atoms. The maximum absolute atomic E-state index is 12.8. The fourth-order valence-electron chi connectivity index (χ4n) is 7.48. The van der Waals surface area contributed by atoms with Crippen molar-refractivity contribution in [3.8, 4) is 0 Å². The van der Waals surface area contributed by atoms with E-state index < -0.39 is 6.10 Å². The fraction of sp³-hybridized carbons (Fsp3) is 0.667. The van der Waals surface area contributed by atoms with Crippen LogP contribution in [0.3, 0.4) is 0 Å². The van der Waals surface area contributed by atoms with Gasteiger partial charge in [0.2, 0.25) is 0 Å². The van der Waals surface area contributed by atoms with Gasteiger partial charge in [0, 0.05) is 19.3 Å². The van der Waals surface area contributed by atoms with Crippen LogP contribution in [0.15, 0.2) is 109 Å². The van der Waals surface area contributed by atoms with E-state index in [1.165, 1.54) is 116 Å². The number of unbranched alkanes of at least 4 members (excludes halogenated alkanes) is 21. The standard InChI is InChI=1S/C63H104O6/c1-4-7-10-13-16-19-22-25-28-30-31-33-35-38-41-44-47-50-53-56-62(65)68-59-60(58-67-61(64)55-52-49-46-43-40-37-34-27-24-21-18-15-12-9-6-3)69-63(66)57-54-51-48-45-42-39-36-32-29-26-23-20-17-14-11-8-5-2/h8,11,17-18,20-21,26-27,29-31,34,36,39-40,43,45,48,60H,4-7,9-10,12-16,19,22-25,28,32-33,35,37-38,41-42,44,46-47,49-59H2,1-3H3/b11-8-,20-17-,21-18-,29-26-,31-30-,34-27-,39-36-,43-40-,48-45-/t60-/m1/s1. The molecule has 0 aromatic rings. The highest BCUT2D eigenvalue weighted by molar-refractivity contribution is 5.71. The van der Waals surface area contributed by atoms with Crippen molar-refractivity contribution in [3.63, 3.8) is 0 Å². The van der Waals surface area contributed by atoms with Gasteiger partial charge in [0.05, 0.1) is 0 Å². The minimum atomic E-state index is -0.827. The first-order chi connectivity index (χ1) is 34.0. The molecule has 0 N–H and O–H groups in total. The molecule has 0 heterocycles. The lowest BCUT2D eigenvalue weighted by Crippen LogP contribution is -2.30. The predicted octanol–water partition coefficient (Wildman–Crippen LogP) is 19.1. The van der Waals surface area contributed by atoms with E-state index in [0.29, 0.717) is 25.7 Å². The second kappa shape index (κ2) is 56.7. The Bertz CT molecular complexity index is 1420. The summed E-state index contributed by atoms with van der Waals surface area (Å²) in [5.74, 6) is -1.02. The van der Waals surface area contributed by atoms with Gasteiger partial charge in [-0.1, -0.05) is 220 Å². The number of allylic oxidation sites excluding steroid dienone is 18. The summed E-state index contributed by atoms with van der Waals surface area (Å²) in [4.78, 5) is 38.1. The Hall–Kier alpha value is -3.93. The van der Waals surface area contributed by atoms with Crippen molar-refractivity contribution < 1.29 is 28.6 Å². The zero-order chi connectivity index (χ0) is 50.0. The van der Waals surface area contributed by atoms with E-state index >= 15 is 0 Å². The molecule has 1 atom stereocenters. The number of hydrogen-bond donors (Lipinski definition) is 0. The lowest BCUT2D eigenvalue weighted by Gasteiger charge is -2.18. The molecule has 0 rings (SSSR count). The van der Waals surface area contributed by atoms with Crippen LogP contribution in [-0.4, -0.2) is 37.2 Å². The number of hydrogen-bond acceptors (Lipinski definition) is 6. The average molecular weight is 958 g/mol. The molecule has 0 amide bonds. The van der Waals surface area contributed by atoms with Gasteiger partial charge >= 0.3 is 17.9 Å². The van der Waals surface area contributed by atoms with Crippen molar-refractivity contribution in [3.05, 3.63) is 109 Å².